The second-order valence-electron chi connectivity index (χ2n) is 7.92. The van der Waals surface area contributed by atoms with Gasteiger partial charge >= 0.3 is 17.5 Å². The van der Waals surface area contributed by atoms with Crippen LogP contribution in [0.5, 0.6) is 11.5 Å². The molecule has 6 heteroatoms. The second-order valence-corrected chi connectivity index (χ2v) is 7.92. The van der Waals surface area contributed by atoms with E-state index in [1.54, 1.807) is 38.1 Å². The first-order valence-corrected chi connectivity index (χ1v) is 11.9. The Morgan fingerprint density at radius 1 is 0.686 bits per heavy atom. The largest absolute Gasteiger partial charge is 0.485 e. The summed E-state index contributed by atoms with van der Waals surface area (Å²) < 4.78 is 22.2. The lowest BCUT2D eigenvalue weighted by Gasteiger charge is -2.30. The second kappa shape index (κ2) is 12.6. The van der Waals surface area contributed by atoms with E-state index in [0.29, 0.717) is 18.8 Å². The molecule has 0 N–H and O–H groups in total. The van der Waals surface area contributed by atoms with Gasteiger partial charge in [0.25, 0.3) is 0 Å². The minimum absolute atomic E-state index is 0.123. The molecule has 0 fully saturated rings. The van der Waals surface area contributed by atoms with E-state index < -0.39 is 17.5 Å². The molecule has 184 valence electrons. The van der Waals surface area contributed by atoms with Crippen LogP contribution >= 0.6 is 0 Å². The van der Waals surface area contributed by atoms with Crippen LogP contribution in [0.15, 0.2) is 78.9 Å². The highest BCUT2D eigenvalue weighted by Gasteiger charge is 2.51. The number of esters is 2. The molecule has 0 radical (unpaired) electrons. The van der Waals surface area contributed by atoms with Gasteiger partial charge in [-0.15, -0.1) is 0 Å². The molecule has 35 heavy (non-hydrogen) atoms. The number of carbonyl (C=O) groups excluding carboxylic acids is 2. The van der Waals surface area contributed by atoms with Gasteiger partial charge in [0.15, 0.2) is 11.5 Å². The smallest absolute Gasteiger partial charge is 0.362 e. The van der Waals surface area contributed by atoms with Crippen LogP contribution in [0.3, 0.4) is 0 Å². The molecular formula is C29H32O6. The standard InChI is InChI=1S/C23H28O6.C6H4/c1-4-16-23(21(24)26-5-2,22(25)27-6-3)29-20-15-11-10-14-19(20)28-17-18-12-8-7-9-13-18;1-2-6-4-3-5(1)6/h7-15H,4-6,16-17H2,1-3H3;1-4H. The van der Waals surface area contributed by atoms with Gasteiger partial charge in [-0.2, -0.15) is 0 Å². The molecule has 0 bridgehead atoms. The molecule has 0 aliphatic heterocycles. The van der Waals surface area contributed by atoms with E-state index in [9.17, 15) is 9.59 Å². The Kier molecular flexibility index (Phi) is 9.30. The van der Waals surface area contributed by atoms with Crippen molar-refractivity contribution < 1.29 is 28.5 Å². The Labute approximate surface area is 206 Å². The summed E-state index contributed by atoms with van der Waals surface area (Å²) in [5.41, 5.74) is 1.95. The summed E-state index contributed by atoms with van der Waals surface area (Å²) in [6, 6.07) is 25.1. The monoisotopic (exact) mass is 476 g/mol. The molecule has 0 spiro atoms. The maximum atomic E-state index is 12.8. The fraction of sp³-hybridized carbons (Fsp3) is 0.310. The predicted octanol–water partition coefficient (Wildman–Crippen LogP) is 5.98. The van der Waals surface area contributed by atoms with Crippen LogP contribution in [0.25, 0.3) is 11.1 Å². The van der Waals surface area contributed by atoms with Crippen molar-refractivity contribution in [2.24, 2.45) is 0 Å². The average Bonchev–Trinajstić information content (AvgIpc) is 2.86. The van der Waals surface area contributed by atoms with Crippen molar-refractivity contribution in [3.8, 4) is 22.6 Å². The zero-order valence-corrected chi connectivity index (χ0v) is 20.5. The summed E-state index contributed by atoms with van der Waals surface area (Å²) in [5, 5.41) is 0. The quantitative estimate of drug-likeness (QED) is 0.196. The zero-order chi connectivity index (χ0) is 25.1. The minimum atomic E-state index is -1.88. The first-order chi connectivity index (χ1) is 17.0. The first-order valence-electron chi connectivity index (χ1n) is 11.9. The molecule has 0 unspecified atom stereocenters. The molecule has 0 amide bonds. The van der Waals surface area contributed by atoms with Crippen LogP contribution in [0.1, 0.15) is 39.2 Å². The maximum absolute atomic E-state index is 12.8. The van der Waals surface area contributed by atoms with Crippen molar-refractivity contribution >= 4 is 11.9 Å². The normalized spacial score (nSPS) is 10.9. The van der Waals surface area contributed by atoms with Crippen LogP contribution in [-0.2, 0) is 25.7 Å². The number of para-hydroxylation sites is 2. The number of carbonyl (C=O) groups is 2. The molecule has 2 aromatic carbocycles. The van der Waals surface area contributed by atoms with Gasteiger partial charge in [-0.1, -0.05) is 80.1 Å². The summed E-state index contributed by atoms with van der Waals surface area (Å²) in [5.74, 6) is -0.834. The van der Waals surface area contributed by atoms with Gasteiger partial charge in [0.1, 0.15) is 6.61 Å². The number of hydrogen-bond donors (Lipinski definition) is 0. The highest BCUT2D eigenvalue weighted by Crippen LogP contribution is 2.34. The topological polar surface area (TPSA) is 71.1 Å². The van der Waals surface area contributed by atoms with Crippen molar-refractivity contribution in [1.82, 2.24) is 0 Å². The van der Waals surface area contributed by atoms with Crippen molar-refractivity contribution in [3.05, 3.63) is 84.4 Å². The molecule has 0 aromatic heterocycles. The van der Waals surface area contributed by atoms with Gasteiger partial charge in [0, 0.05) is 6.42 Å². The fourth-order valence-electron chi connectivity index (χ4n) is 3.51. The van der Waals surface area contributed by atoms with Crippen LogP contribution < -0.4 is 9.47 Å². The highest BCUT2D eigenvalue weighted by molar-refractivity contribution is 6.04. The summed E-state index contributed by atoms with van der Waals surface area (Å²) in [7, 11) is 0. The van der Waals surface area contributed by atoms with Gasteiger partial charge in [-0.3, -0.25) is 0 Å². The molecule has 0 saturated heterocycles. The maximum Gasteiger partial charge on any atom is 0.362 e. The van der Waals surface area contributed by atoms with Crippen LogP contribution in [0.4, 0.5) is 0 Å². The summed E-state index contributed by atoms with van der Waals surface area (Å²) in [6.07, 6.45) is 0.641. The molecular weight excluding hydrogens is 444 g/mol. The van der Waals surface area contributed by atoms with Gasteiger partial charge in [0.2, 0.25) is 0 Å². The lowest BCUT2D eigenvalue weighted by atomic mass is 9.95. The number of hydrogen-bond acceptors (Lipinski definition) is 6. The molecule has 0 saturated carbocycles. The molecule has 4 rings (SSSR count). The van der Waals surface area contributed by atoms with E-state index in [-0.39, 0.29) is 25.4 Å². The van der Waals surface area contributed by atoms with Gasteiger partial charge in [-0.05, 0) is 42.7 Å². The number of rotatable bonds is 11. The zero-order valence-electron chi connectivity index (χ0n) is 20.5. The molecule has 2 aromatic rings. The summed E-state index contributed by atoms with van der Waals surface area (Å²) in [4.78, 5) is 25.6. The van der Waals surface area contributed by atoms with E-state index in [1.165, 1.54) is 11.1 Å². The van der Waals surface area contributed by atoms with E-state index in [2.05, 4.69) is 24.3 Å². The Balaban J connectivity index is 0.000000485. The Bertz CT molecular complexity index is 1050. The van der Waals surface area contributed by atoms with Gasteiger partial charge in [-0.25, -0.2) is 9.59 Å². The Morgan fingerprint density at radius 2 is 1.20 bits per heavy atom. The highest BCUT2D eigenvalue weighted by atomic mass is 16.6. The Hall–Kier alpha value is -3.80. The number of ether oxygens (including phenoxy) is 4. The molecule has 2 aliphatic carbocycles. The summed E-state index contributed by atoms with van der Waals surface area (Å²) >= 11 is 0. The number of benzene rings is 3. The molecule has 0 atom stereocenters. The SMILES string of the molecule is CCCC(Oc1ccccc1OCc1ccccc1)(C(=O)OCC)C(=O)OCC.c1cc2ccc1-2. The first kappa shape index (κ1) is 25.8. The van der Waals surface area contributed by atoms with Crippen molar-refractivity contribution in [2.75, 3.05) is 13.2 Å². The van der Waals surface area contributed by atoms with Gasteiger partial charge in [0.05, 0.1) is 13.2 Å². The summed E-state index contributed by atoms with van der Waals surface area (Å²) in [6.45, 7) is 5.78. The minimum Gasteiger partial charge on any atom is -0.485 e. The lowest BCUT2D eigenvalue weighted by molar-refractivity contribution is -0.180. The third-order valence-corrected chi connectivity index (χ3v) is 5.40. The third-order valence-electron chi connectivity index (χ3n) is 5.40. The fourth-order valence-corrected chi connectivity index (χ4v) is 3.51. The van der Waals surface area contributed by atoms with Crippen LogP contribution in [-0.4, -0.2) is 30.8 Å². The van der Waals surface area contributed by atoms with E-state index in [1.807, 2.05) is 37.3 Å². The van der Waals surface area contributed by atoms with E-state index in [0.717, 1.165) is 5.56 Å². The van der Waals surface area contributed by atoms with E-state index in [4.69, 9.17) is 18.9 Å². The van der Waals surface area contributed by atoms with E-state index >= 15 is 0 Å². The molecule has 2 aliphatic rings. The average molecular weight is 477 g/mol. The third kappa shape index (κ3) is 6.41. The lowest BCUT2D eigenvalue weighted by Crippen LogP contribution is -2.53. The van der Waals surface area contributed by atoms with Crippen LogP contribution in [0, 0.1) is 0 Å². The number of fused-ring (bicyclic) bond motifs is 1. The molecule has 6 nitrogen and oxygen atoms in total. The van der Waals surface area contributed by atoms with Crippen molar-refractivity contribution in [1.29, 1.82) is 0 Å². The van der Waals surface area contributed by atoms with Crippen molar-refractivity contribution in [2.45, 2.75) is 45.8 Å². The predicted molar refractivity (Wildman–Crippen MR) is 134 cm³/mol. The van der Waals surface area contributed by atoms with Crippen LogP contribution in [0.2, 0.25) is 0 Å². The Morgan fingerprint density at radius 3 is 1.66 bits per heavy atom. The molecule has 0 heterocycles. The van der Waals surface area contributed by atoms with Crippen molar-refractivity contribution in [3.63, 3.8) is 0 Å². The van der Waals surface area contributed by atoms with Gasteiger partial charge < -0.3 is 18.9 Å².